The van der Waals surface area contributed by atoms with Gasteiger partial charge in [0, 0.05) is 23.2 Å². The van der Waals surface area contributed by atoms with Gasteiger partial charge in [0.1, 0.15) is 5.69 Å². The first-order valence-electron chi connectivity index (χ1n) is 6.52. The molecule has 1 aromatic heterocycles. The summed E-state index contributed by atoms with van der Waals surface area (Å²) in [6.07, 6.45) is 1.57. The minimum atomic E-state index is -0.444. The molecule has 2 aromatic rings. The normalized spacial score (nSPS) is 10.3. The summed E-state index contributed by atoms with van der Waals surface area (Å²) in [4.78, 5) is 27.2. The fourth-order valence-electron chi connectivity index (χ4n) is 1.91. The number of aromatic nitrogens is 1. The second-order valence-corrected chi connectivity index (χ2v) is 5.41. The number of methoxy groups -OCH3 is 1. The average Bonchev–Trinajstić information content (AvgIpc) is 2.52. The highest BCUT2D eigenvalue weighted by atomic mass is 35.5. The van der Waals surface area contributed by atoms with Crippen molar-refractivity contribution >= 4 is 35.0 Å². The monoisotopic (exact) mass is 337 g/mol. The summed E-state index contributed by atoms with van der Waals surface area (Å²) in [5, 5.41) is 0.846. The van der Waals surface area contributed by atoms with Crippen LogP contribution in [0.1, 0.15) is 23.3 Å². The van der Waals surface area contributed by atoms with Crippen molar-refractivity contribution in [2.75, 3.05) is 7.11 Å². The van der Waals surface area contributed by atoms with E-state index in [1.165, 1.54) is 7.11 Å². The molecule has 0 atom stereocenters. The van der Waals surface area contributed by atoms with Crippen LogP contribution in [0.2, 0.25) is 10.0 Å². The Morgan fingerprint density at radius 2 is 1.91 bits per heavy atom. The Bertz CT molecular complexity index is 716. The molecule has 0 aliphatic heterocycles. The van der Waals surface area contributed by atoms with Crippen molar-refractivity contribution in [3.05, 3.63) is 52.3 Å². The summed E-state index contributed by atoms with van der Waals surface area (Å²) in [6.45, 7) is 0. The lowest BCUT2D eigenvalue weighted by Crippen LogP contribution is -2.08. The molecule has 2 rings (SSSR count). The molecule has 1 heterocycles. The van der Waals surface area contributed by atoms with Gasteiger partial charge >= 0.3 is 5.97 Å². The van der Waals surface area contributed by atoms with Gasteiger partial charge in [0.15, 0.2) is 5.78 Å². The van der Waals surface area contributed by atoms with E-state index in [1.54, 1.807) is 24.4 Å². The van der Waals surface area contributed by atoms with E-state index in [0.717, 1.165) is 11.1 Å². The van der Waals surface area contributed by atoms with Crippen molar-refractivity contribution in [2.24, 2.45) is 0 Å². The van der Waals surface area contributed by atoms with Crippen LogP contribution in [-0.2, 0) is 9.53 Å². The number of benzene rings is 1. The molecule has 6 heteroatoms. The first-order chi connectivity index (χ1) is 10.5. The Labute approximate surface area is 138 Å². The van der Waals surface area contributed by atoms with Crippen molar-refractivity contribution < 1.29 is 14.3 Å². The van der Waals surface area contributed by atoms with Crippen LogP contribution >= 0.6 is 23.2 Å². The number of halogens is 2. The molecule has 0 saturated heterocycles. The molecular formula is C16H13Cl2NO3. The van der Waals surface area contributed by atoms with Crippen molar-refractivity contribution in [1.82, 2.24) is 4.98 Å². The third kappa shape index (κ3) is 4.06. The molecule has 0 bridgehead atoms. The number of hydrogen-bond acceptors (Lipinski definition) is 4. The highest BCUT2D eigenvalue weighted by Gasteiger charge is 2.15. The van der Waals surface area contributed by atoms with Gasteiger partial charge in [-0.05, 0) is 23.8 Å². The molecule has 0 spiro atoms. The predicted octanol–water partition coefficient (Wildman–Crippen LogP) is 4.19. The summed E-state index contributed by atoms with van der Waals surface area (Å²) < 4.78 is 4.50. The van der Waals surface area contributed by atoms with E-state index >= 15 is 0 Å². The summed E-state index contributed by atoms with van der Waals surface area (Å²) in [5.74, 6) is -0.743. The summed E-state index contributed by atoms with van der Waals surface area (Å²) >= 11 is 12.1. The number of ketones is 1. The Morgan fingerprint density at radius 3 is 2.55 bits per heavy atom. The van der Waals surface area contributed by atoms with Crippen LogP contribution in [-0.4, -0.2) is 23.8 Å². The fraction of sp³-hybridized carbons (Fsp3) is 0.188. The molecule has 114 valence electrons. The first kappa shape index (κ1) is 16.5. The highest BCUT2D eigenvalue weighted by molar-refractivity contribution is 6.34. The van der Waals surface area contributed by atoms with Crippen molar-refractivity contribution in [3.8, 4) is 11.1 Å². The van der Waals surface area contributed by atoms with E-state index in [-0.39, 0.29) is 29.3 Å². The first-order valence-corrected chi connectivity index (χ1v) is 7.28. The van der Waals surface area contributed by atoms with Gasteiger partial charge in [-0.1, -0.05) is 35.3 Å². The fourth-order valence-corrected chi connectivity index (χ4v) is 2.37. The van der Waals surface area contributed by atoms with Gasteiger partial charge in [-0.2, -0.15) is 0 Å². The Kier molecular flexibility index (Phi) is 5.52. The van der Waals surface area contributed by atoms with E-state index in [4.69, 9.17) is 23.2 Å². The summed E-state index contributed by atoms with van der Waals surface area (Å²) in [5.41, 5.74) is 1.77. The third-order valence-corrected chi connectivity index (χ3v) is 3.57. The van der Waals surface area contributed by atoms with E-state index in [2.05, 4.69) is 9.72 Å². The van der Waals surface area contributed by atoms with E-state index in [1.807, 2.05) is 12.1 Å². The SMILES string of the molecule is COC(=O)CCC(=O)c1ncc(-c2cccc(Cl)c2)cc1Cl. The predicted molar refractivity (Wildman–Crippen MR) is 85.3 cm³/mol. The van der Waals surface area contributed by atoms with Gasteiger partial charge < -0.3 is 4.74 Å². The zero-order valence-electron chi connectivity index (χ0n) is 11.8. The van der Waals surface area contributed by atoms with Crippen LogP contribution in [0, 0.1) is 0 Å². The molecule has 0 radical (unpaired) electrons. The molecule has 0 fully saturated rings. The number of nitrogens with zero attached hydrogens (tertiary/aromatic N) is 1. The molecule has 1 aromatic carbocycles. The number of esters is 1. The van der Waals surface area contributed by atoms with Gasteiger partial charge in [-0.25, -0.2) is 0 Å². The van der Waals surface area contributed by atoms with Gasteiger partial charge in [0.2, 0.25) is 0 Å². The largest absolute Gasteiger partial charge is 0.469 e. The number of pyridine rings is 1. The molecule has 0 saturated carbocycles. The standard InChI is InChI=1S/C16H13Cl2NO3/c1-22-15(21)6-5-14(20)16-13(18)8-11(9-19-16)10-3-2-4-12(17)7-10/h2-4,7-9H,5-6H2,1H3. The molecule has 0 unspecified atom stereocenters. The second-order valence-electron chi connectivity index (χ2n) is 4.56. The number of Topliss-reactive ketones (excluding diaryl/α,β-unsaturated/α-hetero) is 1. The number of carbonyl (C=O) groups is 2. The van der Waals surface area contributed by atoms with Crippen LogP contribution < -0.4 is 0 Å². The quantitative estimate of drug-likeness (QED) is 0.606. The maximum Gasteiger partial charge on any atom is 0.305 e. The van der Waals surface area contributed by atoms with Gasteiger partial charge in [-0.3, -0.25) is 14.6 Å². The van der Waals surface area contributed by atoms with Crippen molar-refractivity contribution in [1.29, 1.82) is 0 Å². The van der Waals surface area contributed by atoms with Crippen LogP contribution in [0.5, 0.6) is 0 Å². The van der Waals surface area contributed by atoms with Crippen LogP contribution in [0.3, 0.4) is 0 Å². The topological polar surface area (TPSA) is 56.3 Å². The van der Waals surface area contributed by atoms with Gasteiger partial charge in [0.05, 0.1) is 18.6 Å². The van der Waals surface area contributed by atoms with Crippen LogP contribution in [0.4, 0.5) is 0 Å². The van der Waals surface area contributed by atoms with Gasteiger partial charge in [-0.15, -0.1) is 0 Å². The molecule has 4 nitrogen and oxygen atoms in total. The summed E-state index contributed by atoms with van der Waals surface area (Å²) in [6, 6.07) is 8.91. The van der Waals surface area contributed by atoms with E-state index < -0.39 is 5.97 Å². The highest BCUT2D eigenvalue weighted by Crippen LogP contribution is 2.26. The Balaban J connectivity index is 2.19. The molecule has 0 N–H and O–H groups in total. The molecule has 0 amide bonds. The number of hydrogen-bond donors (Lipinski definition) is 0. The Hall–Kier alpha value is -1.91. The van der Waals surface area contributed by atoms with Crippen LogP contribution in [0.15, 0.2) is 36.5 Å². The lowest BCUT2D eigenvalue weighted by Gasteiger charge is -2.06. The van der Waals surface area contributed by atoms with Crippen molar-refractivity contribution in [3.63, 3.8) is 0 Å². The van der Waals surface area contributed by atoms with E-state index in [0.29, 0.717) is 5.02 Å². The number of carbonyl (C=O) groups excluding carboxylic acids is 2. The number of ether oxygens (including phenoxy) is 1. The maximum absolute atomic E-state index is 12.0. The smallest absolute Gasteiger partial charge is 0.305 e. The molecule has 0 aliphatic rings. The molecule has 22 heavy (non-hydrogen) atoms. The molecule has 0 aliphatic carbocycles. The Morgan fingerprint density at radius 1 is 1.14 bits per heavy atom. The summed E-state index contributed by atoms with van der Waals surface area (Å²) in [7, 11) is 1.28. The lowest BCUT2D eigenvalue weighted by molar-refractivity contribution is -0.140. The zero-order valence-corrected chi connectivity index (χ0v) is 13.3. The minimum Gasteiger partial charge on any atom is -0.469 e. The molecular weight excluding hydrogens is 325 g/mol. The van der Waals surface area contributed by atoms with E-state index in [9.17, 15) is 9.59 Å². The van der Waals surface area contributed by atoms with Crippen LogP contribution in [0.25, 0.3) is 11.1 Å². The van der Waals surface area contributed by atoms with Crippen molar-refractivity contribution in [2.45, 2.75) is 12.8 Å². The second kappa shape index (κ2) is 7.38. The van der Waals surface area contributed by atoms with Gasteiger partial charge in [0.25, 0.3) is 0 Å². The third-order valence-electron chi connectivity index (χ3n) is 3.05. The minimum absolute atomic E-state index is 0.00336. The lowest BCUT2D eigenvalue weighted by atomic mass is 10.1. The number of rotatable bonds is 5. The maximum atomic E-state index is 12.0. The zero-order chi connectivity index (χ0) is 16.1. The average molecular weight is 338 g/mol.